The molecule has 0 saturated heterocycles. The zero-order valence-electron chi connectivity index (χ0n) is 13.7. The molecule has 1 N–H and O–H groups in total. The van der Waals surface area contributed by atoms with Gasteiger partial charge in [0, 0.05) is 24.1 Å². The van der Waals surface area contributed by atoms with Crippen LogP contribution in [0.4, 0.5) is 13.2 Å². The topological polar surface area (TPSA) is 51.2 Å². The molecule has 0 fully saturated rings. The van der Waals surface area contributed by atoms with Crippen molar-refractivity contribution < 1.29 is 17.7 Å². The molecule has 0 saturated carbocycles. The molecule has 9 heteroatoms. The lowest BCUT2D eigenvalue weighted by atomic mass is 10.1. The molecule has 0 aromatic carbocycles. The van der Waals surface area contributed by atoms with Crippen LogP contribution in [0.5, 0.6) is 0 Å². The molecule has 1 aromatic heterocycles. The van der Waals surface area contributed by atoms with Crippen molar-refractivity contribution in [1.29, 1.82) is 0 Å². The highest BCUT2D eigenvalue weighted by molar-refractivity contribution is 7.90. The molecule has 0 radical (unpaired) electrons. The van der Waals surface area contributed by atoms with E-state index in [9.17, 15) is 17.7 Å². The number of nitrogens with one attached hydrogen (secondary N) is 1. The second-order valence-electron chi connectivity index (χ2n) is 6.42. The Morgan fingerprint density at radius 1 is 1.35 bits per heavy atom. The highest BCUT2D eigenvalue weighted by Crippen LogP contribution is 2.36. The molecule has 0 spiro atoms. The smallest absolute Gasteiger partial charge is 0.413 e. The van der Waals surface area contributed by atoms with Crippen molar-refractivity contribution in [3.05, 3.63) is 28.5 Å². The van der Waals surface area contributed by atoms with Crippen LogP contribution in [0.3, 0.4) is 0 Å². The van der Waals surface area contributed by atoms with E-state index in [4.69, 9.17) is 11.6 Å². The monoisotopic (exact) mass is 371 g/mol. The first-order valence-corrected chi connectivity index (χ1v) is 8.39. The summed E-state index contributed by atoms with van der Waals surface area (Å²) in [5, 5.41) is -0.106. The van der Waals surface area contributed by atoms with Crippen molar-refractivity contribution in [1.82, 2.24) is 14.6 Å². The summed E-state index contributed by atoms with van der Waals surface area (Å²) >= 11 is 4.08. The summed E-state index contributed by atoms with van der Waals surface area (Å²) in [5.41, 5.74) is 0.320. The second kappa shape index (κ2) is 7.57. The van der Waals surface area contributed by atoms with E-state index in [0.29, 0.717) is 12.1 Å². The number of aromatic nitrogens is 1. The minimum absolute atomic E-state index is 0.106. The molecule has 132 valence electrons. The van der Waals surface area contributed by atoms with E-state index < -0.39 is 28.3 Å². The lowest BCUT2D eigenvalue weighted by Crippen LogP contribution is -2.46. The molecule has 4 nitrogen and oxygen atoms in total. The van der Waals surface area contributed by atoms with E-state index >= 15 is 0 Å². The molecule has 1 aromatic rings. The summed E-state index contributed by atoms with van der Waals surface area (Å²) in [5.74, 6) is 0. The van der Waals surface area contributed by atoms with Crippen molar-refractivity contribution in [3.8, 4) is 0 Å². The Bertz CT molecular complexity index is 535. The van der Waals surface area contributed by atoms with Crippen LogP contribution in [0.15, 0.2) is 12.3 Å². The number of pyridine rings is 1. The predicted molar refractivity (Wildman–Crippen MR) is 86.5 cm³/mol. The third-order valence-corrected chi connectivity index (χ3v) is 4.67. The average molecular weight is 372 g/mol. The van der Waals surface area contributed by atoms with Gasteiger partial charge in [0.1, 0.15) is 4.75 Å². The SMILES string of the molecule is CN(C)Cc1cnc(C(N[S+]([O-])C(C)(C)C)C(F)(F)F)c(Cl)c1. The van der Waals surface area contributed by atoms with Gasteiger partial charge in [-0.15, -0.1) is 4.72 Å². The summed E-state index contributed by atoms with van der Waals surface area (Å²) in [7, 11) is 3.66. The van der Waals surface area contributed by atoms with E-state index in [2.05, 4.69) is 9.71 Å². The molecule has 1 heterocycles. The summed E-state index contributed by atoms with van der Waals surface area (Å²) in [6, 6.07) is -0.743. The number of hydrogen-bond donors (Lipinski definition) is 1. The molecule has 0 aliphatic carbocycles. The second-order valence-corrected chi connectivity index (χ2v) is 8.83. The van der Waals surface area contributed by atoms with Gasteiger partial charge in [-0.2, -0.15) is 13.2 Å². The summed E-state index contributed by atoms with van der Waals surface area (Å²) < 4.78 is 53.3. The van der Waals surface area contributed by atoms with E-state index in [1.54, 1.807) is 20.8 Å². The van der Waals surface area contributed by atoms with Gasteiger partial charge in [0.15, 0.2) is 6.04 Å². The Morgan fingerprint density at radius 3 is 2.30 bits per heavy atom. The number of hydrogen-bond acceptors (Lipinski definition) is 4. The van der Waals surface area contributed by atoms with E-state index in [1.807, 2.05) is 19.0 Å². The first kappa shape index (κ1) is 20.5. The highest BCUT2D eigenvalue weighted by atomic mass is 35.5. The van der Waals surface area contributed by atoms with E-state index in [0.717, 1.165) is 0 Å². The van der Waals surface area contributed by atoms with Crippen LogP contribution in [0, 0.1) is 0 Å². The van der Waals surface area contributed by atoms with E-state index in [1.165, 1.54) is 12.3 Å². The van der Waals surface area contributed by atoms with Crippen molar-refractivity contribution in [2.75, 3.05) is 14.1 Å². The molecule has 0 amide bonds. The predicted octanol–water partition coefficient (Wildman–Crippen LogP) is 3.45. The van der Waals surface area contributed by atoms with Gasteiger partial charge < -0.3 is 9.45 Å². The molecule has 0 aliphatic rings. The fourth-order valence-corrected chi connectivity index (χ4v) is 2.82. The fraction of sp³-hybridized carbons (Fsp3) is 0.643. The van der Waals surface area contributed by atoms with Gasteiger partial charge in [-0.3, -0.25) is 4.98 Å². The van der Waals surface area contributed by atoms with Gasteiger partial charge in [-0.05, 0) is 46.5 Å². The third kappa shape index (κ3) is 6.11. The van der Waals surface area contributed by atoms with Crippen molar-refractivity contribution in [3.63, 3.8) is 0 Å². The minimum Gasteiger partial charge on any atom is -0.598 e. The Kier molecular flexibility index (Phi) is 6.74. The first-order chi connectivity index (χ1) is 10.3. The van der Waals surface area contributed by atoms with Crippen molar-refractivity contribution in [2.45, 2.75) is 44.3 Å². The van der Waals surface area contributed by atoms with Crippen LogP contribution in [0.25, 0.3) is 0 Å². The zero-order valence-corrected chi connectivity index (χ0v) is 15.2. The third-order valence-electron chi connectivity index (χ3n) is 2.81. The zero-order chi connectivity index (χ0) is 18.0. The van der Waals surface area contributed by atoms with Gasteiger partial charge in [-0.25, -0.2) is 0 Å². The summed E-state index contributed by atoms with van der Waals surface area (Å²) in [4.78, 5) is 5.71. The van der Waals surface area contributed by atoms with E-state index in [-0.39, 0.29) is 10.7 Å². The Hall–Kier alpha value is -0.540. The maximum absolute atomic E-state index is 13.3. The molecule has 0 aliphatic heterocycles. The van der Waals surface area contributed by atoms with Crippen molar-refractivity contribution >= 4 is 23.0 Å². The van der Waals surface area contributed by atoms with Crippen LogP contribution >= 0.6 is 11.6 Å². The van der Waals surface area contributed by atoms with Crippen LogP contribution in [-0.4, -0.2) is 39.5 Å². The van der Waals surface area contributed by atoms with Gasteiger partial charge in [-0.1, -0.05) is 11.6 Å². The number of nitrogens with zero attached hydrogens (tertiary/aromatic N) is 2. The molecule has 2 unspecified atom stereocenters. The van der Waals surface area contributed by atoms with Gasteiger partial charge >= 0.3 is 6.18 Å². The number of rotatable bonds is 5. The Balaban J connectivity index is 3.14. The van der Waals surface area contributed by atoms with Crippen LogP contribution in [0.1, 0.15) is 38.1 Å². The quantitative estimate of drug-likeness (QED) is 0.805. The van der Waals surface area contributed by atoms with Gasteiger partial charge in [0.2, 0.25) is 0 Å². The van der Waals surface area contributed by atoms with Gasteiger partial charge in [0.05, 0.1) is 10.7 Å². The summed E-state index contributed by atoms with van der Waals surface area (Å²) in [6.45, 7) is 5.25. The lowest BCUT2D eigenvalue weighted by Gasteiger charge is -2.29. The normalized spacial score (nSPS) is 15.8. The van der Waals surface area contributed by atoms with Crippen LogP contribution in [-0.2, 0) is 17.9 Å². The maximum atomic E-state index is 13.3. The number of halogens is 4. The molecule has 23 heavy (non-hydrogen) atoms. The molecule has 0 bridgehead atoms. The molecular formula is C14H21ClF3N3OS. The fourth-order valence-electron chi connectivity index (χ4n) is 1.71. The molecular weight excluding hydrogens is 351 g/mol. The lowest BCUT2D eigenvalue weighted by molar-refractivity contribution is -0.153. The highest BCUT2D eigenvalue weighted by Gasteiger charge is 2.47. The maximum Gasteiger partial charge on any atom is 0.413 e. The molecule has 2 atom stereocenters. The van der Waals surface area contributed by atoms with Crippen LogP contribution < -0.4 is 4.72 Å². The molecule has 1 rings (SSSR count). The summed E-state index contributed by atoms with van der Waals surface area (Å²) in [6.07, 6.45) is -3.32. The first-order valence-electron chi connectivity index (χ1n) is 6.86. The van der Waals surface area contributed by atoms with Crippen LogP contribution in [0.2, 0.25) is 5.02 Å². The van der Waals surface area contributed by atoms with Gasteiger partial charge in [0.25, 0.3) is 0 Å². The largest absolute Gasteiger partial charge is 0.598 e. The Morgan fingerprint density at radius 2 is 1.91 bits per heavy atom. The van der Waals surface area contributed by atoms with Crippen molar-refractivity contribution in [2.24, 2.45) is 0 Å². The minimum atomic E-state index is -4.67. The Labute approximate surface area is 142 Å². The standard InChI is InChI=1S/C14H21ClF3N3OS/c1-13(2,3)23(22)20-12(14(16,17)18)11-10(15)6-9(7-19-11)8-21(4)5/h6-7,12,20H,8H2,1-5H3. The average Bonchev–Trinajstić information content (AvgIpc) is 2.33. The number of alkyl halides is 3.